The third kappa shape index (κ3) is 39.2. The quantitative estimate of drug-likeness (QED) is 0.0117. The number of likely N-dealkylation sites (N-methyl/N-ethyl adjacent to an activating group) is 1. The summed E-state index contributed by atoms with van der Waals surface area (Å²) in [5.41, 5.74) is 1.66. The number of nitrogens with one attached hydrogen (secondary N) is 8. The van der Waals surface area contributed by atoms with E-state index in [9.17, 15) is 97.5 Å². The van der Waals surface area contributed by atoms with Crippen molar-refractivity contribution >= 4 is 128 Å². The third-order valence-corrected chi connectivity index (χ3v) is 23.2. The first-order chi connectivity index (χ1) is 56.5. The number of ether oxygens (including phenoxy) is 3. The molecule has 1 aliphatic rings. The number of urea groups is 2. The highest BCUT2D eigenvalue weighted by atomic mass is 33.1. The van der Waals surface area contributed by atoms with Crippen molar-refractivity contribution in [3.63, 3.8) is 0 Å². The van der Waals surface area contributed by atoms with Gasteiger partial charge in [-0.15, -0.1) is 11.3 Å². The predicted octanol–water partition coefficient (Wildman–Crippen LogP) is 7.03. The maximum absolute atomic E-state index is 15.1. The van der Waals surface area contributed by atoms with Gasteiger partial charge in [0.25, 0.3) is 5.91 Å². The van der Waals surface area contributed by atoms with Gasteiger partial charge in [0.15, 0.2) is 23.5 Å². The van der Waals surface area contributed by atoms with Crippen LogP contribution in [0, 0.1) is 29.6 Å². The molecule has 3 aromatic rings. The Morgan fingerprint density at radius 3 is 1.97 bits per heavy atom. The molecule has 1 aromatic heterocycles. The number of carboxylic acid groups (broad SMARTS) is 5. The number of piperidine rings is 1. The Morgan fingerprint density at radius 2 is 1.34 bits per heavy atom. The fourth-order valence-electron chi connectivity index (χ4n) is 12.9. The molecule has 39 heteroatoms. The molecular weight excluding hydrogens is 1610 g/mol. The Balaban J connectivity index is 1.28. The minimum absolute atomic E-state index is 0.00121. The van der Waals surface area contributed by atoms with Gasteiger partial charge in [-0.25, -0.2) is 29.0 Å². The first kappa shape index (κ1) is 101. The number of aromatic hydroxyl groups is 1. The van der Waals surface area contributed by atoms with E-state index in [0.29, 0.717) is 42.6 Å². The minimum Gasteiger partial charge on any atom is -0.508 e. The zero-order chi connectivity index (χ0) is 88.3. The van der Waals surface area contributed by atoms with Gasteiger partial charge in [0, 0.05) is 99.7 Å². The summed E-state index contributed by atoms with van der Waals surface area (Å²) in [5, 5.41) is 79.3. The van der Waals surface area contributed by atoms with E-state index in [-0.39, 0.29) is 142 Å². The number of carboxylic acids is 5. The number of phenolic OH excluding ortho intramolecular Hbond substituents is 1. The van der Waals surface area contributed by atoms with Crippen molar-refractivity contribution in [2.24, 2.45) is 29.6 Å². The number of phenols is 1. The number of benzene rings is 2. The molecule has 4 rings (SSSR count). The zero-order valence-corrected chi connectivity index (χ0v) is 71.1. The summed E-state index contributed by atoms with van der Waals surface area (Å²) in [5.74, 6) is -15.7. The monoisotopic (exact) mass is 1730 g/mol. The summed E-state index contributed by atoms with van der Waals surface area (Å²) in [6.45, 7) is 13.4. The molecule has 0 saturated carbocycles. The number of esters is 1. The molecule has 2 unspecified atom stereocenters. The number of unbranched alkanes of at least 4 members (excludes halogenated alkanes) is 2. The molecule has 660 valence electrons. The van der Waals surface area contributed by atoms with Crippen LogP contribution in [0.25, 0.3) is 0 Å². The maximum atomic E-state index is 15.1. The van der Waals surface area contributed by atoms with Crippen LogP contribution in [-0.2, 0) is 91.1 Å². The molecule has 1 saturated heterocycles. The topological polar surface area (TPSA) is 538 Å². The third-order valence-electron chi connectivity index (χ3n) is 19.9. The number of hydrogen-bond acceptors (Lipinski definition) is 25. The molecule has 9 amide bonds. The lowest BCUT2D eigenvalue weighted by atomic mass is 9.82. The van der Waals surface area contributed by atoms with Crippen LogP contribution in [-0.4, -0.2) is 241 Å². The number of thiazole rings is 1. The molecule has 11 atom stereocenters. The van der Waals surface area contributed by atoms with E-state index in [2.05, 4.69) is 52.4 Å². The number of alkyl carbamates (subject to hydrolysis) is 1. The van der Waals surface area contributed by atoms with Gasteiger partial charge in [0.1, 0.15) is 41.9 Å². The lowest BCUT2D eigenvalue weighted by Crippen LogP contribution is -2.50. The van der Waals surface area contributed by atoms with E-state index in [1.807, 2.05) is 41.7 Å². The number of aromatic nitrogens is 1. The molecule has 0 aliphatic carbocycles. The molecular formula is C80H117N11O25S3. The molecule has 0 bridgehead atoms. The number of Topliss-reactive ketones (excluding diaryl/α,β-unsaturated/α-hetero) is 3. The Kier molecular flexibility index (Phi) is 46.2. The average molecular weight is 1730 g/mol. The van der Waals surface area contributed by atoms with Crippen molar-refractivity contribution in [1.82, 2.24) is 57.3 Å². The Labute approximate surface area is 703 Å². The van der Waals surface area contributed by atoms with Gasteiger partial charge in [0.2, 0.25) is 17.7 Å². The summed E-state index contributed by atoms with van der Waals surface area (Å²) in [6, 6.07) is 4.95. The Hall–Kier alpha value is -9.99. The Morgan fingerprint density at radius 1 is 0.672 bits per heavy atom. The second-order valence-electron chi connectivity index (χ2n) is 29.8. The van der Waals surface area contributed by atoms with Crippen molar-refractivity contribution in [3.8, 4) is 5.75 Å². The molecule has 14 N–H and O–H groups in total. The van der Waals surface area contributed by atoms with Gasteiger partial charge in [-0.2, -0.15) is 0 Å². The highest BCUT2D eigenvalue weighted by Crippen LogP contribution is 2.34. The van der Waals surface area contributed by atoms with Gasteiger partial charge < -0.3 is 92.3 Å². The van der Waals surface area contributed by atoms with E-state index in [0.717, 1.165) is 71.6 Å². The van der Waals surface area contributed by atoms with Gasteiger partial charge in [-0.3, -0.25) is 57.6 Å². The molecule has 36 nitrogen and oxygen atoms in total. The molecule has 1 aliphatic heterocycles. The highest BCUT2D eigenvalue weighted by molar-refractivity contribution is 8.76. The second-order valence-corrected chi connectivity index (χ2v) is 33.3. The molecule has 0 spiro atoms. The van der Waals surface area contributed by atoms with Crippen LogP contribution < -0.4 is 42.5 Å². The number of aliphatic carboxylic acids is 5. The smallest absolute Gasteiger partial charge is 0.407 e. The van der Waals surface area contributed by atoms with Crippen molar-refractivity contribution < 1.29 is 122 Å². The number of carbonyl (C=O) groups excluding carboxylic acids is 11. The molecule has 2 heterocycles. The summed E-state index contributed by atoms with van der Waals surface area (Å²) >= 11 is 1.08. The molecule has 0 radical (unpaired) electrons. The lowest BCUT2D eigenvalue weighted by molar-refractivity contribution is -0.155. The number of ketones is 3. The number of nitrogens with zero attached hydrogens (tertiary/aromatic N) is 3. The van der Waals surface area contributed by atoms with Crippen LogP contribution in [0.3, 0.4) is 0 Å². The van der Waals surface area contributed by atoms with Crippen LogP contribution in [0.4, 0.5) is 14.4 Å². The standard InChI is InChI=1S/C80H117N11O25S3/c1-9-11-31-114-46-91(75(106)57(48(5)10-2)39-65(95)62-18-13-15-30-90(62)8)63(47(3)4)41-67(116-50(7)92)74-88-60(44-117-74)73(105)85-55(35-51-24-26-56(93)27-25-51)34-49(6)66(96)43-84-80(113)115-32-33-118-119-45-61(77(109)110)87-72(104)54(38-70(100)101)37-64(94)59(40-71(102)103)86-68(97)36-52-20-22-53(23-21-52)42-83-78(111)81-28-14-12-17-58(76(107)108)89-79(112)82-29-16-19-69(98)99/h20-27,44,47-49,54-55,57-59,61-63,67,93H,9-19,28-43,45-46H2,1-8H3,(H,84,113)(H,85,105)(H,86,97)(H,87,104)(H,98,99)(H,100,101)(H,102,103)(H,107,108)(H,109,110)(H2,81,83,111)(H2,82,89,112)/t48?,49-,54-,55+,57-,58+,59-,61+,62?,63-,67-/m0/s1. The van der Waals surface area contributed by atoms with E-state index in [1.54, 1.807) is 36.1 Å². The van der Waals surface area contributed by atoms with Gasteiger partial charge in [0.05, 0.1) is 43.8 Å². The number of carbonyl (C=O) groups is 16. The van der Waals surface area contributed by atoms with Gasteiger partial charge >= 0.3 is 54.0 Å². The van der Waals surface area contributed by atoms with Crippen molar-refractivity contribution in [1.29, 1.82) is 0 Å². The first-order valence-corrected chi connectivity index (χ1v) is 43.2. The fraction of sp³-hybridized carbons (Fsp3) is 0.613. The average Bonchev–Trinajstić information content (AvgIpc) is 1.75. The summed E-state index contributed by atoms with van der Waals surface area (Å²) < 4.78 is 17.4. The van der Waals surface area contributed by atoms with Crippen LogP contribution in [0.5, 0.6) is 5.75 Å². The van der Waals surface area contributed by atoms with E-state index < -0.39 is 163 Å². The lowest BCUT2D eigenvalue weighted by Gasteiger charge is -2.39. The largest absolute Gasteiger partial charge is 0.508 e. The van der Waals surface area contributed by atoms with Crippen molar-refractivity contribution in [3.05, 3.63) is 81.3 Å². The predicted molar refractivity (Wildman–Crippen MR) is 440 cm³/mol. The summed E-state index contributed by atoms with van der Waals surface area (Å²) in [4.78, 5) is 214. The zero-order valence-electron chi connectivity index (χ0n) is 68.6. The SMILES string of the molecule is CCCCOCN(C(=O)[C@@H](CC(=O)C1CCCCN1C)C(C)CC)[C@@H](C[C@H](OC(C)=O)c1nc(C(=O)N[C@@H](Cc2ccc(O)cc2)C[C@H](C)C(=O)CNC(=O)OCCSSC[C@@H](NC(=O)[C@H](CC(=O)O)CC(=O)[C@H](CC(=O)O)NC(=O)Cc2ccc(CNC(=O)NCCCC[C@@H](NC(=O)NCCCC(=O)O)C(=O)O)cc2)C(=O)O)cs1)C(C)C. The first-order valence-electron chi connectivity index (χ1n) is 39.9. The molecule has 1 fully saturated rings. The number of hydrogen-bond donors (Lipinski definition) is 14. The van der Waals surface area contributed by atoms with Crippen LogP contribution >= 0.6 is 32.9 Å². The normalized spacial score (nSPS) is 15.2. The Bertz CT molecular complexity index is 3850. The summed E-state index contributed by atoms with van der Waals surface area (Å²) in [7, 11) is 3.89. The van der Waals surface area contributed by atoms with E-state index in [1.165, 1.54) is 36.6 Å². The summed E-state index contributed by atoms with van der Waals surface area (Å²) in [6.07, 6.45) is 0.756. The van der Waals surface area contributed by atoms with Gasteiger partial charge in [-0.05, 0) is 112 Å². The fourth-order valence-corrected chi connectivity index (χ4v) is 15.8. The van der Waals surface area contributed by atoms with Crippen LogP contribution in [0.2, 0.25) is 0 Å². The molecule has 119 heavy (non-hydrogen) atoms. The number of amides is 9. The number of rotatable bonds is 58. The highest BCUT2D eigenvalue weighted by Gasteiger charge is 2.40. The van der Waals surface area contributed by atoms with Crippen molar-refractivity contribution in [2.45, 2.75) is 219 Å². The molecule has 2 aromatic carbocycles. The minimum atomic E-state index is -1.75. The van der Waals surface area contributed by atoms with Crippen LogP contribution in [0.1, 0.15) is 196 Å². The van der Waals surface area contributed by atoms with E-state index in [4.69, 9.17) is 19.3 Å². The maximum Gasteiger partial charge on any atom is 0.407 e. The van der Waals surface area contributed by atoms with E-state index >= 15 is 4.79 Å². The van der Waals surface area contributed by atoms with Crippen LogP contribution in [0.15, 0.2) is 53.9 Å². The number of likely N-dealkylation sites (tertiary alicyclic amines) is 1. The van der Waals surface area contributed by atoms with Crippen molar-refractivity contribution in [2.75, 3.05) is 64.7 Å². The second kappa shape index (κ2) is 54.2. The van der Waals surface area contributed by atoms with Gasteiger partial charge in [-0.1, -0.05) is 119 Å².